The molecule has 134 valence electrons. The maximum Gasteiger partial charge on any atom is 0.264 e. The van der Waals surface area contributed by atoms with Crippen LogP contribution in [0.25, 0.3) is 22.6 Å². The molecule has 5 nitrogen and oxygen atoms in total. The number of nitrogens with zero attached hydrogens (tertiary/aromatic N) is 1. The summed E-state index contributed by atoms with van der Waals surface area (Å²) in [5.74, 6) is 1.60. The summed E-state index contributed by atoms with van der Waals surface area (Å²) < 4.78 is 11.0. The molecule has 0 aliphatic carbocycles. The highest BCUT2D eigenvalue weighted by Gasteiger charge is 2.22. The van der Waals surface area contributed by atoms with Gasteiger partial charge in [-0.2, -0.15) is 0 Å². The van der Waals surface area contributed by atoms with E-state index in [-0.39, 0.29) is 23.3 Å². The third kappa shape index (κ3) is 3.77. The molecule has 0 bridgehead atoms. The van der Waals surface area contributed by atoms with E-state index >= 15 is 0 Å². The van der Waals surface area contributed by atoms with Crippen LogP contribution in [0.2, 0.25) is 0 Å². The summed E-state index contributed by atoms with van der Waals surface area (Å²) in [6, 6.07) is 14.0. The molecule has 0 amide bonds. The van der Waals surface area contributed by atoms with Crippen molar-refractivity contribution < 1.29 is 19.1 Å². The second-order valence-electron chi connectivity index (χ2n) is 6.49. The summed E-state index contributed by atoms with van der Waals surface area (Å²) in [4.78, 5) is 16.9. The van der Waals surface area contributed by atoms with Gasteiger partial charge in [-0.1, -0.05) is 13.8 Å². The number of Topliss-reactive ketones (excluding diaryl/α,β-unsaturated/α-hetero) is 1. The lowest BCUT2D eigenvalue weighted by Gasteiger charge is -2.03. The first kappa shape index (κ1) is 17.7. The van der Waals surface area contributed by atoms with E-state index in [0.29, 0.717) is 17.9 Å². The summed E-state index contributed by atoms with van der Waals surface area (Å²) in [6.45, 7) is 3.96. The third-order valence-corrected chi connectivity index (χ3v) is 3.95. The van der Waals surface area contributed by atoms with Gasteiger partial charge in [-0.3, -0.25) is 4.79 Å². The van der Waals surface area contributed by atoms with Crippen LogP contribution >= 0.6 is 0 Å². The third-order valence-electron chi connectivity index (χ3n) is 3.95. The Balaban J connectivity index is 2.08. The van der Waals surface area contributed by atoms with E-state index in [0.717, 1.165) is 16.9 Å². The van der Waals surface area contributed by atoms with Crippen molar-refractivity contribution in [3.05, 3.63) is 54.4 Å². The molecule has 0 aliphatic rings. The van der Waals surface area contributed by atoms with E-state index < -0.39 is 0 Å². The molecule has 1 aromatic heterocycles. The van der Waals surface area contributed by atoms with Gasteiger partial charge in [0.15, 0.2) is 5.76 Å². The second-order valence-corrected chi connectivity index (χ2v) is 6.49. The molecule has 2 aromatic carbocycles. The molecule has 1 heterocycles. The Hall–Kier alpha value is -3.08. The Kier molecular flexibility index (Phi) is 5.07. The summed E-state index contributed by atoms with van der Waals surface area (Å²) in [5, 5.41) is 9.53. The number of methoxy groups -OCH3 is 1. The van der Waals surface area contributed by atoms with E-state index in [2.05, 4.69) is 4.98 Å². The minimum atomic E-state index is -0.125. The summed E-state index contributed by atoms with van der Waals surface area (Å²) in [7, 11) is 1.61. The summed E-state index contributed by atoms with van der Waals surface area (Å²) >= 11 is 0. The van der Waals surface area contributed by atoms with Crippen molar-refractivity contribution in [3.63, 3.8) is 0 Å². The molecule has 0 spiro atoms. The maximum absolute atomic E-state index is 12.4. The number of benzene rings is 2. The predicted molar refractivity (Wildman–Crippen MR) is 99.4 cm³/mol. The second kappa shape index (κ2) is 7.44. The Morgan fingerprint density at radius 2 is 1.69 bits per heavy atom. The van der Waals surface area contributed by atoms with Crippen LogP contribution in [0.4, 0.5) is 0 Å². The molecule has 5 heteroatoms. The first-order chi connectivity index (χ1) is 12.5. The van der Waals surface area contributed by atoms with Crippen molar-refractivity contribution >= 4 is 5.78 Å². The number of aromatic hydroxyl groups is 1. The zero-order valence-corrected chi connectivity index (χ0v) is 15.0. The van der Waals surface area contributed by atoms with Crippen molar-refractivity contribution in [2.24, 2.45) is 5.92 Å². The monoisotopic (exact) mass is 351 g/mol. The molecule has 3 rings (SSSR count). The Labute approximate surface area is 152 Å². The number of carbonyl (C=O) groups excluding carboxylic acids is 1. The molecule has 3 aromatic rings. The van der Waals surface area contributed by atoms with Gasteiger partial charge in [0.1, 0.15) is 17.2 Å². The van der Waals surface area contributed by atoms with E-state index in [1.165, 1.54) is 0 Å². The van der Waals surface area contributed by atoms with E-state index in [1.54, 1.807) is 31.4 Å². The zero-order chi connectivity index (χ0) is 18.7. The fourth-order valence-electron chi connectivity index (χ4n) is 2.65. The first-order valence-electron chi connectivity index (χ1n) is 8.45. The summed E-state index contributed by atoms with van der Waals surface area (Å²) in [6.07, 6.45) is 0.373. The minimum Gasteiger partial charge on any atom is -0.508 e. The van der Waals surface area contributed by atoms with Crippen LogP contribution in [-0.4, -0.2) is 23.0 Å². The lowest BCUT2D eigenvalue weighted by atomic mass is 10.1. The topological polar surface area (TPSA) is 72.6 Å². The van der Waals surface area contributed by atoms with E-state index in [9.17, 15) is 9.90 Å². The van der Waals surface area contributed by atoms with Crippen molar-refractivity contribution in [1.29, 1.82) is 0 Å². The molecule has 0 atom stereocenters. The van der Waals surface area contributed by atoms with Crippen LogP contribution in [0, 0.1) is 5.92 Å². The van der Waals surface area contributed by atoms with Crippen molar-refractivity contribution in [3.8, 4) is 34.1 Å². The van der Waals surface area contributed by atoms with Gasteiger partial charge in [0.2, 0.25) is 5.78 Å². The fraction of sp³-hybridized carbons (Fsp3) is 0.238. The average molecular weight is 351 g/mol. The molecule has 0 radical (unpaired) electrons. The SMILES string of the molecule is COc1ccc(-c2nc(C(=O)CC(C)C)oc2-c2ccc(O)cc2)cc1. The van der Waals surface area contributed by atoms with Crippen LogP contribution < -0.4 is 4.74 Å². The number of ether oxygens (including phenoxy) is 1. The lowest BCUT2D eigenvalue weighted by molar-refractivity contribution is 0.0934. The van der Waals surface area contributed by atoms with Crippen molar-refractivity contribution in [2.45, 2.75) is 20.3 Å². The van der Waals surface area contributed by atoms with Crippen molar-refractivity contribution in [2.75, 3.05) is 7.11 Å². The number of aromatic nitrogens is 1. The van der Waals surface area contributed by atoms with Gasteiger partial charge in [0, 0.05) is 17.5 Å². The highest BCUT2D eigenvalue weighted by molar-refractivity contribution is 5.93. The van der Waals surface area contributed by atoms with Crippen LogP contribution in [0.5, 0.6) is 11.5 Å². The summed E-state index contributed by atoms with van der Waals surface area (Å²) in [5.41, 5.74) is 2.15. The van der Waals surface area contributed by atoms with Crippen LogP contribution in [0.3, 0.4) is 0 Å². The number of ketones is 1. The van der Waals surface area contributed by atoms with Gasteiger partial charge >= 0.3 is 0 Å². The van der Waals surface area contributed by atoms with Gasteiger partial charge in [-0.05, 0) is 54.4 Å². The van der Waals surface area contributed by atoms with Gasteiger partial charge in [-0.25, -0.2) is 4.98 Å². The molecule has 0 saturated carbocycles. The van der Waals surface area contributed by atoms with Gasteiger partial charge in [0.25, 0.3) is 5.89 Å². The van der Waals surface area contributed by atoms with Gasteiger partial charge in [0.05, 0.1) is 7.11 Å². The number of carbonyl (C=O) groups is 1. The predicted octanol–water partition coefficient (Wildman–Crippen LogP) is 4.95. The zero-order valence-electron chi connectivity index (χ0n) is 15.0. The van der Waals surface area contributed by atoms with Gasteiger partial charge in [-0.15, -0.1) is 0 Å². The standard InChI is InChI=1S/C21H21NO4/c1-13(2)12-18(24)21-22-19(14-6-10-17(25-3)11-7-14)20(26-21)15-4-8-16(23)9-5-15/h4-11,13,23H,12H2,1-3H3. The van der Waals surface area contributed by atoms with Crippen LogP contribution in [-0.2, 0) is 0 Å². The first-order valence-corrected chi connectivity index (χ1v) is 8.45. The molecule has 0 aliphatic heterocycles. The molecule has 0 saturated heterocycles. The van der Waals surface area contributed by atoms with Crippen LogP contribution in [0.1, 0.15) is 31.0 Å². The largest absolute Gasteiger partial charge is 0.508 e. The van der Waals surface area contributed by atoms with E-state index in [4.69, 9.17) is 9.15 Å². The molecular weight excluding hydrogens is 330 g/mol. The molecule has 26 heavy (non-hydrogen) atoms. The molecular formula is C21H21NO4. The smallest absolute Gasteiger partial charge is 0.264 e. The Morgan fingerprint density at radius 1 is 1.08 bits per heavy atom. The number of phenols is 1. The Morgan fingerprint density at radius 3 is 2.27 bits per heavy atom. The molecule has 1 N–H and O–H groups in total. The average Bonchev–Trinajstić information content (AvgIpc) is 3.07. The van der Waals surface area contributed by atoms with E-state index in [1.807, 2.05) is 38.1 Å². The number of phenolic OH excluding ortho intramolecular Hbond substituents is 1. The fourth-order valence-corrected chi connectivity index (χ4v) is 2.65. The number of oxazole rings is 1. The maximum atomic E-state index is 12.4. The Bertz CT molecular complexity index is 893. The van der Waals surface area contributed by atoms with Crippen LogP contribution in [0.15, 0.2) is 52.9 Å². The number of rotatable bonds is 6. The number of hydrogen-bond acceptors (Lipinski definition) is 5. The number of hydrogen-bond donors (Lipinski definition) is 1. The molecule has 0 fully saturated rings. The van der Waals surface area contributed by atoms with Gasteiger partial charge < -0.3 is 14.3 Å². The highest BCUT2D eigenvalue weighted by Crippen LogP contribution is 2.34. The lowest BCUT2D eigenvalue weighted by Crippen LogP contribution is -2.03. The molecule has 0 unspecified atom stereocenters. The highest BCUT2D eigenvalue weighted by atomic mass is 16.5. The minimum absolute atomic E-state index is 0.104. The quantitative estimate of drug-likeness (QED) is 0.636. The van der Waals surface area contributed by atoms with Crippen molar-refractivity contribution in [1.82, 2.24) is 4.98 Å². The normalized spacial score (nSPS) is 10.9.